The van der Waals surface area contributed by atoms with E-state index in [4.69, 9.17) is 10.5 Å². The van der Waals surface area contributed by atoms with Crippen molar-refractivity contribution in [2.45, 2.75) is 59.0 Å². The average Bonchev–Trinajstić information content (AvgIpc) is 3.24. The van der Waals surface area contributed by atoms with Crippen molar-refractivity contribution < 1.29 is 14.7 Å². The van der Waals surface area contributed by atoms with Gasteiger partial charge in [0, 0.05) is 55.9 Å². The van der Waals surface area contributed by atoms with Crippen LogP contribution in [0, 0.1) is 5.41 Å². The minimum atomic E-state index is -0.390. The standard InChI is InChI=1S/C21H33N5O3.C2H6/c1-3-23-18-8-6-5-7-17(18)20(22)21(29)25-16-13-15(24-14-16)9-10-19(28)26(4-2)11-12-27;1-2/h5-8,15-16,22-24,27H,3-4,9-14H2,1-2H3,(H,25,29);1-2H3/t15-,16?;/m1./s1. The predicted octanol–water partition coefficient (Wildman–Crippen LogP) is 1.98. The first-order valence-electron chi connectivity index (χ1n) is 11.3. The van der Waals surface area contributed by atoms with Crippen LogP contribution in [0.2, 0.25) is 0 Å². The van der Waals surface area contributed by atoms with E-state index < -0.39 is 0 Å². The lowest BCUT2D eigenvalue weighted by Gasteiger charge is -2.20. The summed E-state index contributed by atoms with van der Waals surface area (Å²) in [5.41, 5.74) is 1.31. The lowest BCUT2D eigenvalue weighted by molar-refractivity contribution is -0.131. The maximum absolute atomic E-state index is 12.6. The molecule has 0 aromatic heterocycles. The van der Waals surface area contributed by atoms with Crippen molar-refractivity contribution in [2.75, 3.05) is 38.1 Å². The molecule has 0 saturated carbocycles. The highest BCUT2D eigenvalue weighted by molar-refractivity contribution is 6.45. The third-order valence-electron chi connectivity index (χ3n) is 5.16. The summed E-state index contributed by atoms with van der Waals surface area (Å²) in [5.74, 6) is -0.350. The number of nitrogens with one attached hydrogen (secondary N) is 4. The number of hydrogen-bond donors (Lipinski definition) is 5. The van der Waals surface area contributed by atoms with Crippen molar-refractivity contribution >= 4 is 23.2 Å². The van der Waals surface area contributed by atoms with E-state index in [0.717, 1.165) is 12.1 Å². The maximum atomic E-state index is 12.6. The Balaban J connectivity index is 0.00000233. The molecule has 8 nitrogen and oxygen atoms in total. The van der Waals surface area contributed by atoms with E-state index in [0.29, 0.717) is 44.6 Å². The van der Waals surface area contributed by atoms with E-state index in [-0.39, 0.29) is 36.2 Å². The van der Waals surface area contributed by atoms with Crippen molar-refractivity contribution in [3.63, 3.8) is 0 Å². The number of benzene rings is 1. The fourth-order valence-electron chi connectivity index (χ4n) is 3.61. The van der Waals surface area contributed by atoms with Gasteiger partial charge in [-0.3, -0.25) is 15.0 Å². The third kappa shape index (κ3) is 8.30. The molecule has 5 N–H and O–H groups in total. The molecule has 0 spiro atoms. The van der Waals surface area contributed by atoms with Crippen LogP contribution in [0.5, 0.6) is 0 Å². The Morgan fingerprint density at radius 3 is 2.61 bits per heavy atom. The van der Waals surface area contributed by atoms with Crippen LogP contribution >= 0.6 is 0 Å². The zero-order valence-electron chi connectivity index (χ0n) is 19.3. The van der Waals surface area contributed by atoms with Gasteiger partial charge in [0.25, 0.3) is 5.91 Å². The van der Waals surface area contributed by atoms with Crippen LogP contribution in [0.3, 0.4) is 0 Å². The SMILES string of the molecule is CC.CCNc1ccccc1C(=N)C(=O)NC1CN[C@H](CCC(=O)N(CC)CCO)C1. The van der Waals surface area contributed by atoms with E-state index in [9.17, 15) is 9.59 Å². The molecule has 1 aromatic rings. The van der Waals surface area contributed by atoms with E-state index in [2.05, 4.69) is 16.0 Å². The number of likely N-dealkylation sites (N-methyl/N-ethyl adjacent to an activating group) is 1. The minimum absolute atomic E-state index is 0.0295. The molecule has 1 unspecified atom stereocenters. The molecule has 1 saturated heterocycles. The number of amides is 2. The van der Waals surface area contributed by atoms with Crippen LogP contribution in [0.1, 0.15) is 52.5 Å². The Hall–Kier alpha value is -2.45. The molecule has 8 heteroatoms. The molecule has 2 amide bonds. The molecule has 174 valence electrons. The van der Waals surface area contributed by atoms with Crippen molar-refractivity contribution in [3.05, 3.63) is 29.8 Å². The van der Waals surface area contributed by atoms with E-state index in [1.807, 2.05) is 45.9 Å². The Morgan fingerprint density at radius 1 is 1.26 bits per heavy atom. The van der Waals surface area contributed by atoms with E-state index in [1.54, 1.807) is 11.0 Å². The van der Waals surface area contributed by atoms with Crippen LogP contribution in [-0.4, -0.2) is 72.4 Å². The summed E-state index contributed by atoms with van der Waals surface area (Å²) in [4.78, 5) is 26.4. The molecule has 0 bridgehead atoms. The first kappa shape index (κ1) is 26.6. The van der Waals surface area contributed by atoms with Gasteiger partial charge in [-0.05, 0) is 32.8 Å². The van der Waals surface area contributed by atoms with Crippen molar-refractivity contribution in [3.8, 4) is 0 Å². The van der Waals surface area contributed by atoms with Crippen molar-refractivity contribution in [2.24, 2.45) is 0 Å². The third-order valence-corrected chi connectivity index (χ3v) is 5.16. The quantitative estimate of drug-likeness (QED) is 0.342. The normalized spacial score (nSPS) is 17.3. The van der Waals surface area contributed by atoms with Gasteiger partial charge >= 0.3 is 0 Å². The lowest BCUT2D eigenvalue weighted by atomic mass is 10.0. The summed E-state index contributed by atoms with van der Waals surface area (Å²) in [6.45, 7) is 10.1. The molecule has 1 fully saturated rings. The van der Waals surface area contributed by atoms with Gasteiger partial charge in [-0.2, -0.15) is 0 Å². The Labute approximate surface area is 186 Å². The van der Waals surface area contributed by atoms with Gasteiger partial charge in [0.1, 0.15) is 5.71 Å². The Kier molecular flexibility index (Phi) is 12.5. The number of carbonyl (C=O) groups excluding carboxylic acids is 2. The molecule has 2 atom stereocenters. The van der Waals surface area contributed by atoms with Gasteiger partial charge in [0.15, 0.2) is 0 Å². The monoisotopic (exact) mass is 433 g/mol. The minimum Gasteiger partial charge on any atom is -0.395 e. The van der Waals surface area contributed by atoms with Crippen LogP contribution in [0.4, 0.5) is 5.69 Å². The second-order valence-corrected chi connectivity index (χ2v) is 7.20. The number of para-hydroxylation sites is 1. The number of hydrogen-bond acceptors (Lipinski definition) is 6. The summed E-state index contributed by atoms with van der Waals surface area (Å²) in [6.07, 6.45) is 1.83. The second kappa shape index (κ2) is 14.5. The molecule has 1 heterocycles. The molecule has 0 aliphatic carbocycles. The number of aliphatic hydroxyl groups excluding tert-OH is 1. The molecule has 1 aliphatic heterocycles. The second-order valence-electron chi connectivity index (χ2n) is 7.20. The first-order chi connectivity index (χ1) is 15.0. The fourth-order valence-corrected chi connectivity index (χ4v) is 3.61. The highest BCUT2D eigenvalue weighted by atomic mass is 16.3. The smallest absolute Gasteiger partial charge is 0.270 e. The maximum Gasteiger partial charge on any atom is 0.270 e. The van der Waals surface area contributed by atoms with E-state index >= 15 is 0 Å². The summed E-state index contributed by atoms with van der Waals surface area (Å²) in [6, 6.07) is 7.42. The van der Waals surface area contributed by atoms with Gasteiger partial charge in [-0.1, -0.05) is 32.0 Å². The van der Waals surface area contributed by atoms with E-state index in [1.165, 1.54) is 0 Å². The largest absolute Gasteiger partial charge is 0.395 e. The number of nitrogens with zero attached hydrogens (tertiary/aromatic N) is 1. The van der Waals surface area contributed by atoms with Crippen molar-refractivity contribution in [1.29, 1.82) is 5.41 Å². The molecule has 1 aromatic carbocycles. The van der Waals surface area contributed by atoms with Crippen LogP contribution in [0.15, 0.2) is 24.3 Å². The summed E-state index contributed by atoms with van der Waals surface area (Å²) < 4.78 is 0. The molecule has 31 heavy (non-hydrogen) atoms. The number of aliphatic hydroxyl groups is 1. The number of carbonyl (C=O) groups is 2. The van der Waals surface area contributed by atoms with Gasteiger partial charge in [-0.25, -0.2) is 0 Å². The highest BCUT2D eigenvalue weighted by Crippen LogP contribution is 2.17. The van der Waals surface area contributed by atoms with Crippen LogP contribution in [0.25, 0.3) is 0 Å². The summed E-state index contributed by atoms with van der Waals surface area (Å²) in [7, 11) is 0. The Bertz CT molecular complexity index is 710. The number of anilines is 1. The zero-order valence-corrected chi connectivity index (χ0v) is 19.3. The molecular formula is C23H39N5O3. The average molecular weight is 434 g/mol. The number of rotatable bonds is 11. The molecule has 2 rings (SSSR count). The first-order valence-corrected chi connectivity index (χ1v) is 11.3. The van der Waals surface area contributed by atoms with Gasteiger partial charge < -0.3 is 26.0 Å². The van der Waals surface area contributed by atoms with Gasteiger partial charge in [0.05, 0.1) is 6.61 Å². The van der Waals surface area contributed by atoms with Crippen LogP contribution < -0.4 is 16.0 Å². The Morgan fingerprint density at radius 2 is 1.97 bits per heavy atom. The van der Waals surface area contributed by atoms with Gasteiger partial charge in [0.2, 0.25) is 5.91 Å². The van der Waals surface area contributed by atoms with Gasteiger partial charge in [-0.15, -0.1) is 0 Å². The summed E-state index contributed by atoms with van der Waals surface area (Å²) >= 11 is 0. The fraction of sp³-hybridized carbons (Fsp3) is 0.609. The molecule has 0 radical (unpaired) electrons. The van der Waals surface area contributed by atoms with Crippen LogP contribution in [-0.2, 0) is 9.59 Å². The topological polar surface area (TPSA) is 118 Å². The zero-order chi connectivity index (χ0) is 23.2. The van der Waals surface area contributed by atoms with Crippen molar-refractivity contribution in [1.82, 2.24) is 15.5 Å². The highest BCUT2D eigenvalue weighted by Gasteiger charge is 2.27. The lowest BCUT2D eigenvalue weighted by Crippen LogP contribution is -2.40. The predicted molar refractivity (Wildman–Crippen MR) is 126 cm³/mol. The summed E-state index contributed by atoms with van der Waals surface area (Å²) in [5, 5.41) is 26.8. The molecule has 1 aliphatic rings. The molecular weight excluding hydrogens is 394 g/mol.